The standard InChI is InChI=1S/C27H27ClFN3O/c28-23-9-4-3-8-21(23)18-27(33)30-17-7-1-2-12-26-31-24-10-5-6-11-25(24)32(26)19-20-13-15-22(29)16-14-20/h3-6,8-11,13-16H,1-2,7,12,17-19H2,(H,30,33). The van der Waals surface area contributed by atoms with Gasteiger partial charge in [0, 0.05) is 24.5 Å². The minimum atomic E-state index is -0.228. The average molecular weight is 464 g/mol. The van der Waals surface area contributed by atoms with Gasteiger partial charge in [-0.3, -0.25) is 4.79 Å². The molecule has 1 amide bonds. The maximum atomic E-state index is 13.3. The molecule has 1 N–H and O–H groups in total. The van der Waals surface area contributed by atoms with Crippen molar-refractivity contribution < 1.29 is 9.18 Å². The number of carbonyl (C=O) groups is 1. The Morgan fingerprint density at radius 3 is 2.52 bits per heavy atom. The second-order valence-corrected chi connectivity index (χ2v) is 8.57. The second kappa shape index (κ2) is 11.1. The number of hydrogen-bond donors (Lipinski definition) is 1. The van der Waals surface area contributed by atoms with E-state index in [0.29, 0.717) is 24.5 Å². The number of carbonyl (C=O) groups excluding carboxylic acids is 1. The molecular formula is C27H27ClFN3O. The Hall–Kier alpha value is -3.18. The molecule has 1 heterocycles. The van der Waals surface area contributed by atoms with E-state index in [9.17, 15) is 9.18 Å². The molecule has 0 aliphatic rings. The molecule has 6 heteroatoms. The first-order valence-corrected chi connectivity index (χ1v) is 11.7. The zero-order valence-corrected chi connectivity index (χ0v) is 19.2. The van der Waals surface area contributed by atoms with Gasteiger partial charge in [0.2, 0.25) is 5.91 Å². The van der Waals surface area contributed by atoms with Crippen molar-refractivity contribution in [3.05, 3.63) is 101 Å². The summed E-state index contributed by atoms with van der Waals surface area (Å²) in [5, 5.41) is 3.60. The average Bonchev–Trinajstić information content (AvgIpc) is 3.16. The lowest BCUT2D eigenvalue weighted by molar-refractivity contribution is -0.120. The van der Waals surface area contributed by atoms with Gasteiger partial charge < -0.3 is 9.88 Å². The van der Waals surface area contributed by atoms with E-state index >= 15 is 0 Å². The highest BCUT2D eigenvalue weighted by atomic mass is 35.5. The lowest BCUT2D eigenvalue weighted by Crippen LogP contribution is -2.26. The Morgan fingerprint density at radius 1 is 0.939 bits per heavy atom. The first-order chi connectivity index (χ1) is 16.1. The smallest absolute Gasteiger partial charge is 0.224 e. The fourth-order valence-corrected chi connectivity index (χ4v) is 4.16. The summed E-state index contributed by atoms with van der Waals surface area (Å²) in [7, 11) is 0. The number of benzene rings is 3. The second-order valence-electron chi connectivity index (χ2n) is 8.16. The van der Waals surface area contributed by atoms with Gasteiger partial charge in [0.15, 0.2) is 0 Å². The molecule has 0 fully saturated rings. The third-order valence-corrected chi connectivity index (χ3v) is 6.06. The van der Waals surface area contributed by atoms with Crippen molar-refractivity contribution in [3.8, 4) is 0 Å². The number of fused-ring (bicyclic) bond motifs is 1. The third-order valence-electron chi connectivity index (χ3n) is 5.70. The summed E-state index contributed by atoms with van der Waals surface area (Å²) in [5.41, 5.74) is 3.95. The van der Waals surface area contributed by atoms with Gasteiger partial charge in [0.25, 0.3) is 0 Å². The number of imidazole rings is 1. The molecule has 4 aromatic rings. The summed E-state index contributed by atoms with van der Waals surface area (Å²) in [6, 6.07) is 22.1. The summed E-state index contributed by atoms with van der Waals surface area (Å²) in [4.78, 5) is 17.0. The van der Waals surface area contributed by atoms with Crippen LogP contribution in [0.5, 0.6) is 0 Å². The Kier molecular flexibility index (Phi) is 7.74. The molecule has 0 spiro atoms. The Bertz CT molecular complexity index is 1220. The number of amides is 1. The summed E-state index contributed by atoms with van der Waals surface area (Å²) < 4.78 is 15.5. The number of rotatable bonds is 10. The molecule has 1 aromatic heterocycles. The number of aryl methyl sites for hydroxylation is 1. The fraction of sp³-hybridized carbons (Fsp3) is 0.259. The van der Waals surface area contributed by atoms with Gasteiger partial charge in [-0.25, -0.2) is 9.37 Å². The highest BCUT2D eigenvalue weighted by Gasteiger charge is 2.11. The third kappa shape index (κ3) is 6.20. The number of aromatic nitrogens is 2. The number of nitrogens with zero attached hydrogens (tertiary/aromatic N) is 2. The van der Waals surface area contributed by atoms with E-state index in [2.05, 4.69) is 16.0 Å². The summed E-state index contributed by atoms with van der Waals surface area (Å²) >= 11 is 6.12. The van der Waals surface area contributed by atoms with Crippen molar-refractivity contribution in [1.82, 2.24) is 14.9 Å². The van der Waals surface area contributed by atoms with Crippen molar-refractivity contribution in [2.24, 2.45) is 0 Å². The molecule has 0 atom stereocenters. The topological polar surface area (TPSA) is 46.9 Å². The normalized spacial score (nSPS) is 11.1. The first kappa shape index (κ1) is 23.0. The molecule has 0 aliphatic heterocycles. The van der Waals surface area contributed by atoms with Gasteiger partial charge in [-0.2, -0.15) is 0 Å². The van der Waals surface area contributed by atoms with Crippen molar-refractivity contribution in [1.29, 1.82) is 0 Å². The lowest BCUT2D eigenvalue weighted by Gasteiger charge is -2.10. The van der Waals surface area contributed by atoms with Crippen LogP contribution in [-0.4, -0.2) is 22.0 Å². The van der Waals surface area contributed by atoms with Crippen LogP contribution in [0.4, 0.5) is 4.39 Å². The van der Waals surface area contributed by atoms with Crippen LogP contribution in [0, 0.1) is 5.82 Å². The zero-order valence-electron chi connectivity index (χ0n) is 18.4. The van der Waals surface area contributed by atoms with Gasteiger partial charge >= 0.3 is 0 Å². The van der Waals surface area contributed by atoms with Crippen molar-refractivity contribution in [2.75, 3.05) is 6.54 Å². The quantitative estimate of drug-likeness (QED) is 0.295. The van der Waals surface area contributed by atoms with Gasteiger partial charge in [0.05, 0.1) is 17.5 Å². The van der Waals surface area contributed by atoms with Gasteiger partial charge in [-0.15, -0.1) is 0 Å². The van der Waals surface area contributed by atoms with Crippen LogP contribution >= 0.6 is 11.6 Å². The molecule has 0 radical (unpaired) electrons. The summed E-state index contributed by atoms with van der Waals surface area (Å²) in [5.74, 6) is 0.792. The number of unbranched alkanes of at least 4 members (excludes halogenated alkanes) is 2. The van der Waals surface area contributed by atoms with Crippen LogP contribution in [-0.2, 0) is 24.2 Å². The molecular weight excluding hydrogens is 437 g/mol. The van der Waals surface area contributed by atoms with E-state index in [1.165, 1.54) is 12.1 Å². The number of halogens is 2. The predicted octanol–water partition coefficient (Wildman–Crippen LogP) is 5.95. The molecule has 0 saturated heterocycles. The minimum Gasteiger partial charge on any atom is -0.356 e. The lowest BCUT2D eigenvalue weighted by atomic mass is 10.1. The van der Waals surface area contributed by atoms with Crippen molar-refractivity contribution >= 4 is 28.5 Å². The van der Waals surface area contributed by atoms with E-state index in [4.69, 9.17) is 16.6 Å². The van der Waals surface area contributed by atoms with Crippen LogP contribution in [0.3, 0.4) is 0 Å². The Balaban J connectivity index is 1.28. The van der Waals surface area contributed by atoms with Crippen LogP contribution < -0.4 is 5.32 Å². The molecule has 4 rings (SSSR count). The van der Waals surface area contributed by atoms with Crippen molar-refractivity contribution in [3.63, 3.8) is 0 Å². The van der Waals surface area contributed by atoms with E-state index in [-0.39, 0.29) is 11.7 Å². The molecule has 4 nitrogen and oxygen atoms in total. The number of para-hydroxylation sites is 2. The van der Waals surface area contributed by atoms with E-state index in [0.717, 1.165) is 53.7 Å². The molecule has 170 valence electrons. The molecule has 0 aliphatic carbocycles. The molecule has 0 unspecified atom stereocenters. The van der Waals surface area contributed by atoms with Gasteiger partial charge in [-0.05, 0) is 54.3 Å². The Morgan fingerprint density at radius 2 is 1.70 bits per heavy atom. The monoisotopic (exact) mass is 463 g/mol. The van der Waals surface area contributed by atoms with Gasteiger partial charge in [-0.1, -0.05) is 60.5 Å². The van der Waals surface area contributed by atoms with E-state index < -0.39 is 0 Å². The fourth-order valence-electron chi connectivity index (χ4n) is 3.95. The van der Waals surface area contributed by atoms with Crippen LogP contribution in [0.2, 0.25) is 5.02 Å². The summed E-state index contributed by atoms with van der Waals surface area (Å²) in [6.07, 6.45) is 4.03. The van der Waals surface area contributed by atoms with E-state index in [1.54, 1.807) is 6.07 Å². The maximum Gasteiger partial charge on any atom is 0.224 e. The SMILES string of the molecule is O=C(Cc1ccccc1Cl)NCCCCCc1nc2ccccc2n1Cc1ccc(F)cc1. The highest BCUT2D eigenvalue weighted by molar-refractivity contribution is 6.31. The summed E-state index contributed by atoms with van der Waals surface area (Å²) in [6.45, 7) is 1.31. The Labute approximate surface area is 198 Å². The molecule has 3 aromatic carbocycles. The number of nitrogens with one attached hydrogen (secondary N) is 1. The van der Waals surface area contributed by atoms with E-state index in [1.807, 2.05) is 48.5 Å². The zero-order chi connectivity index (χ0) is 23.0. The van der Waals surface area contributed by atoms with Crippen LogP contribution in [0.25, 0.3) is 11.0 Å². The van der Waals surface area contributed by atoms with Gasteiger partial charge in [0.1, 0.15) is 11.6 Å². The highest BCUT2D eigenvalue weighted by Crippen LogP contribution is 2.20. The first-order valence-electron chi connectivity index (χ1n) is 11.3. The van der Waals surface area contributed by atoms with Crippen molar-refractivity contribution in [2.45, 2.75) is 38.6 Å². The molecule has 0 bridgehead atoms. The maximum absolute atomic E-state index is 13.3. The molecule has 33 heavy (non-hydrogen) atoms. The largest absolute Gasteiger partial charge is 0.356 e. The van der Waals surface area contributed by atoms with Crippen LogP contribution in [0.1, 0.15) is 36.2 Å². The van der Waals surface area contributed by atoms with Crippen LogP contribution in [0.15, 0.2) is 72.8 Å². The number of hydrogen-bond acceptors (Lipinski definition) is 2. The molecule has 0 saturated carbocycles. The minimum absolute atomic E-state index is 0.0100. The predicted molar refractivity (Wildman–Crippen MR) is 131 cm³/mol.